The van der Waals surface area contributed by atoms with Crippen LogP contribution in [0.5, 0.6) is 0 Å². The van der Waals surface area contributed by atoms with Crippen LogP contribution in [-0.2, 0) is 5.54 Å². The maximum Gasteiger partial charge on any atom is 0.261 e. The van der Waals surface area contributed by atoms with Gasteiger partial charge in [0.05, 0.1) is 29.0 Å². The third-order valence-electron chi connectivity index (χ3n) is 4.17. The maximum atomic E-state index is 6.44. The summed E-state index contributed by atoms with van der Waals surface area (Å²) in [4.78, 5) is 8.62. The number of hydrogen-bond acceptors (Lipinski definition) is 6. The average Bonchev–Trinajstić information content (AvgIpc) is 3.15. The van der Waals surface area contributed by atoms with Gasteiger partial charge in [-0.05, 0) is 12.8 Å². The van der Waals surface area contributed by atoms with E-state index in [-0.39, 0.29) is 0 Å². The Bertz CT molecular complexity index is 770. The second-order valence-corrected chi connectivity index (χ2v) is 5.60. The average molecular weight is 284 g/mol. The van der Waals surface area contributed by atoms with E-state index in [9.17, 15) is 0 Å². The molecule has 0 aliphatic heterocycles. The number of nitrogens with zero attached hydrogens (tertiary/aromatic N) is 5. The van der Waals surface area contributed by atoms with Gasteiger partial charge < -0.3 is 10.3 Å². The Labute approximate surface area is 121 Å². The van der Waals surface area contributed by atoms with Crippen molar-refractivity contribution < 1.29 is 4.52 Å². The van der Waals surface area contributed by atoms with Crippen LogP contribution in [0.25, 0.3) is 17.0 Å². The molecule has 0 saturated heterocycles. The van der Waals surface area contributed by atoms with Crippen LogP contribution in [-0.4, -0.2) is 24.7 Å². The van der Waals surface area contributed by atoms with Gasteiger partial charge in [0.25, 0.3) is 5.89 Å². The summed E-state index contributed by atoms with van der Waals surface area (Å²) in [5.74, 6) is 1.05. The van der Waals surface area contributed by atoms with Crippen molar-refractivity contribution in [1.29, 1.82) is 0 Å². The summed E-state index contributed by atoms with van der Waals surface area (Å²) in [5, 5.41) is 8.36. The topological polar surface area (TPSA) is 95.1 Å². The van der Waals surface area contributed by atoms with Crippen LogP contribution < -0.4 is 5.73 Å². The molecule has 7 nitrogen and oxygen atoms in total. The minimum Gasteiger partial charge on any atom is -0.334 e. The Morgan fingerprint density at radius 3 is 2.90 bits per heavy atom. The zero-order valence-electron chi connectivity index (χ0n) is 11.6. The number of aromatic nitrogens is 5. The second kappa shape index (κ2) is 4.63. The lowest BCUT2D eigenvalue weighted by molar-refractivity contribution is 0.275. The number of fused-ring (bicyclic) bond motifs is 1. The van der Waals surface area contributed by atoms with Gasteiger partial charge in [0.2, 0.25) is 0 Å². The van der Waals surface area contributed by atoms with Gasteiger partial charge in [0.15, 0.2) is 5.82 Å². The molecule has 108 valence electrons. The molecule has 0 bridgehead atoms. The van der Waals surface area contributed by atoms with Crippen molar-refractivity contribution in [2.75, 3.05) is 0 Å². The summed E-state index contributed by atoms with van der Waals surface area (Å²) >= 11 is 0. The monoisotopic (exact) mass is 284 g/mol. The zero-order chi connectivity index (χ0) is 14.3. The lowest BCUT2D eigenvalue weighted by atomic mass is 9.82. The highest BCUT2D eigenvalue weighted by atomic mass is 16.5. The molecule has 0 aromatic carbocycles. The molecule has 1 aliphatic rings. The second-order valence-electron chi connectivity index (χ2n) is 5.60. The molecule has 3 heterocycles. The van der Waals surface area contributed by atoms with Gasteiger partial charge in [-0.2, -0.15) is 10.1 Å². The zero-order valence-corrected chi connectivity index (χ0v) is 11.6. The van der Waals surface area contributed by atoms with Crippen molar-refractivity contribution in [3.8, 4) is 11.5 Å². The minimum atomic E-state index is -0.457. The van der Waals surface area contributed by atoms with Crippen LogP contribution in [0.1, 0.15) is 37.9 Å². The number of rotatable bonds is 2. The fourth-order valence-electron chi connectivity index (χ4n) is 2.94. The molecule has 3 aromatic heterocycles. The van der Waals surface area contributed by atoms with Crippen molar-refractivity contribution >= 4 is 5.52 Å². The molecule has 1 saturated carbocycles. The minimum absolute atomic E-state index is 0.448. The largest absolute Gasteiger partial charge is 0.334 e. The molecule has 4 rings (SSSR count). The van der Waals surface area contributed by atoms with Crippen LogP contribution in [0.3, 0.4) is 0 Å². The van der Waals surface area contributed by atoms with Crippen molar-refractivity contribution in [1.82, 2.24) is 24.7 Å². The molecular weight excluding hydrogens is 268 g/mol. The van der Waals surface area contributed by atoms with E-state index in [0.29, 0.717) is 11.7 Å². The predicted octanol–water partition coefficient (Wildman–Crippen LogP) is 1.90. The Hall–Kier alpha value is -2.28. The van der Waals surface area contributed by atoms with Crippen molar-refractivity contribution in [3.63, 3.8) is 0 Å². The summed E-state index contributed by atoms with van der Waals surface area (Å²) in [5.41, 5.74) is 7.60. The molecule has 0 radical (unpaired) electrons. The highest BCUT2D eigenvalue weighted by Crippen LogP contribution is 2.34. The van der Waals surface area contributed by atoms with Gasteiger partial charge in [0, 0.05) is 12.4 Å². The fraction of sp³-hybridized carbons (Fsp3) is 0.429. The third-order valence-corrected chi connectivity index (χ3v) is 4.17. The summed E-state index contributed by atoms with van der Waals surface area (Å²) < 4.78 is 7.14. The van der Waals surface area contributed by atoms with E-state index >= 15 is 0 Å². The van der Waals surface area contributed by atoms with Crippen molar-refractivity contribution in [2.24, 2.45) is 5.73 Å². The van der Waals surface area contributed by atoms with E-state index in [4.69, 9.17) is 10.3 Å². The third kappa shape index (κ3) is 2.01. The van der Waals surface area contributed by atoms with E-state index in [2.05, 4.69) is 20.2 Å². The van der Waals surface area contributed by atoms with Crippen LogP contribution in [0.15, 0.2) is 29.3 Å². The molecule has 0 atom stereocenters. The maximum absolute atomic E-state index is 6.44. The molecule has 1 aliphatic carbocycles. The van der Waals surface area contributed by atoms with Gasteiger partial charge in [-0.3, -0.25) is 4.98 Å². The fourth-order valence-corrected chi connectivity index (χ4v) is 2.94. The summed E-state index contributed by atoms with van der Waals surface area (Å²) in [6.07, 6.45) is 12.2. The molecule has 7 heteroatoms. The molecule has 0 unspecified atom stereocenters. The first-order valence-corrected chi connectivity index (χ1v) is 7.17. The van der Waals surface area contributed by atoms with Gasteiger partial charge >= 0.3 is 0 Å². The molecule has 1 fully saturated rings. The first-order valence-electron chi connectivity index (χ1n) is 7.17. The smallest absolute Gasteiger partial charge is 0.261 e. The van der Waals surface area contributed by atoms with E-state index in [1.54, 1.807) is 29.3 Å². The Kier molecular flexibility index (Phi) is 2.75. The highest BCUT2D eigenvalue weighted by molar-refractivity contribution is 5.73. The van der Waals surface area contributed by atoms with Crippen LogP contribution in [0.4, 0.5) is 0 Å². The Morgan fingerprint density at radius 1 is 1.19 bits per heavy atom. The predicted molar refractivity (Wildman–Crippen MR) is 75.2 cm³/mol. The molecule has 21 heavy (non-hydrogen) atoms. The standard InChI is InChI=1S/C14H16N6O/c15-14(4-2-1-3-5-14)13-18-12(21-19-13)10-8-17-20-7-6-16-9-11(10)20/h6-9H,1-5,15H2. The number of hydrogen-bond donors (Lipinski definition) is 1. The summed E-state index contributed by atoms with van der Waals surface area (Å²) in [6, 6.07) is 0. The molecule has 0 amide bonds. The lowest BCUT2D eigenvalue weighted by Crippen LogP contribution is -2.39. The van der Waals surface area contributed by atoms with Gasteiger partial charge in [-0.15, -0.1) is 0 Å². The van der Waals surface area contributed by atoms with Crippen LogP contribution >= 0.6 is 0 Å². The van der Waals surface area contributed by atoms with Crippen LogP contribution in [0.2, 0.25) is 0 Å². The van der Waals surface area contributed by atoms with E-state index in [1.165, 1.54) is 6.42 Å². The molecule has 2 N–H and O–H groups in total. The lowest BCUT2D eigenvalue weighted by Gasteiger charge is -2.29. The number of nitrogens with two attached hydrogens (primary N) is 1. The van der Waals surface area contributed by atoms with E-state index in [0.717, 1.165) is 36.8 Å². The molecule has 3 aromatic rings. The highest BCUT2D eigenvalue weighted by Gasteiger charge is 2.34. The van der Waals surface area contributed by atoms with E-state index in [1.807, 2.05) is 0 Å². The SMILES string of the molecule is NC1(c2noc(-c3cnn4ccncc34)n2)CCCCC1. The van der Waals surface area contributed by atoms with Crippen molar-refractivity contribution in [2.45, 2.75) is 37.6 Å². The van der Waals surface area contributed by atoms with Crippen molar-refractivity contribution in [3.05, 3.63) is 30.6 Å². The quantitative estimate of drug-likeness (QED) is 0.772. The summed E-state index contributed by atoms with van der Waals surface area (Å²) in [7, 11) is 0. The first-order chi connectivity index (χ1) is 10.3. The Morgan fingerprint density at radius 2 is 2.05 bits per heavy atom. The van der Waals surface area contributed by atoms with Gasteiger partial charge in [-0.1, -0.05) is 24.4 Å². The van der Waals surface area contributed by atoms with E-state index < -0.39 is 5.54 Å². The first kappa shape index (κ1) is 12.5. The molecular formula is C14H16N6O. The van der Waals surface area contributed by atoms with Gasteiger partial charge in [0.1, 0.15) is 0 Å². The molecule has 0 spiro atoms. The van der Waals surface area contributed by atoms with Gasteiger partial charge in [-0.25, -0.2) is 4.52 Å². The normalized spacial score (nSPS) is 18.1. The van der Waals surface area contributed by atoms with Crippen LogP contribution in [0, 0.1) is 0 Å². The summed E-state index contributed by atoms with van der Waals surface area (Å²) in [6.45, 7) is 0. The Balaban J connectivity index is 1.74.